The number of ether oxygens (including phenoxy) is 2. The van der Waals surface area contributed by atoms with Gasteiger partial charge in [0.2, 0.25) is 5.78 Å². The van der Waals surface area contributed by atoms with Crippen molar-refractivity contribution >= 4 is 38.6 Å². The standard InChI is InChI=1S/C27H27BrN2O6/c1-34-20-8-3-6-18-16-21(36-26(18)20)24(31)22-23(17-5-2-7-19(28)15-17)30(27(33)25(22)32)10-4-9-29-11-13-35-14-12-29/h2-3,5-8,15-16,23,32H,4,9-14H2,1H3/t23-/m1/s1. The van der Waals surface area contributed by atoms with Gasteiger partial charge >= 0.3 is 0 Å². The number of aliphatic hydroxyl groups is 1. The highest BCUT2D eigenvalue weighted by atomic mass is 79.9. The van der Waals surface area contributed by atoms with Crippen molar-refractivity contribution in [1.82, 2.24) is 9.80 Å². The smallest absolute Gasteiger partial charge is 0.290 e. The Morgan fingerprint density at radius 2 is 1.92 bits per heavy atom. The number of fused-ring (bicyclic) bond motifs is 1. The van der Waals surface area contributed by atoms with Crippen LogP contribution in [0.5, 0.6) is 5.75 Å². The zero-order valence-electron chi connectivity index (χ0n) is 19.9. The molecule has 3 heterocycles. The lowest BCUT2D eigenvalue weighted by molar-refractivity contribution is -0.129. The summed E-state index contributed by atoms with van der Waals surface area (Å²) < 4.78 is 17.5. The van der Waals surface area contributed by atoms with Gasteiger partial charge in [0.1, 0.15) is 0 Å². The minimum Gasteiger partial charge on any atom is -0.503 e. The Bertz CT molecular complexity index is 1330. The molecule has 1 fully saturated rings. The number of aliphatic hydroxyl groups excluding tert-OH is 1. The number of ketones is 1. The summed E-state index contributed by atoms with van der Waals surface area (Å²) in [7, 11) is 1.53. The predicted molar refractivity (Wildman–Crippen MR) is 137 cm³/mol. The molecule has 1 atom stereocenters. The Labute approximate surface area is 217 Å². The van der Waals surface area contributed by atoms with E-state index in [1.165, 1.54) is 7.11 Å². The molecule has 9 heteroatoms. The van der Waals surface area contributed by atoms with Crippen LogP contribution in [0.3, 0.4) is 0 Å². The molecule has 188 valence electrons. The second-order valence-electron chi connectivity index (χ2n) is 8.84. The van der Waals surface area contributed by atoms with Crippen LogP contribution in [0.25, 0.3) is 11.0 Å². The van der Waals surface area contributed by atoms with Crippen LogP contribution in [0, 0.1) is 0 Å². The number of rotatable bonds is 8. The molecule has 36 heavy (non-hydrogen) atoms. The van der Waals surface area contributed by atoms with E-state index in [9.17, 15) is 14.7 Å². The molecule has 1 aromatic heterocycles. The second-order valence-corrected chi connectivity index (χ2v) is 9.76. The van der Waals surface area contributed by atoms with E-state index < -0.39 is 23.5 Å². The van der Waals surface area contributed by atoms with Crippen molar-refractivity contribution in [2.45, 2.75) is 12.5 Å². The molecule has 0 aliphatic carbocycles. The molecule has 3 aromatic rings. The highest BCUT2D eigenvalue weighted by molar-refractivity contribution is 9.10. The number of halogens is 1. The number of furan rings is 1. The van der Waals surface area contributed by atoms with Gasteiger partial charge in [0, 0.05) is 36.0 Å². The third-order valence-electron chi connectivity index (χ3n) is 6.64. The van der Waals surface area contributed by atoms with Crippen molar-refractivity contribution in [2.75, 3.05) is 46.5 Å². The average Bonchev–Trinajstić information content (AvgIpc) is 3.44. The van der Waals surface area contributed by atoms with Crippen LogP contribution in [0.1, 0.15) is 28.6 Å². The van der Waals surface area contributed by atoms with Crippen LogP contribution in [-0.4, -0.2) is 73.1 Å². The molecule has 0 radical (unpaired) electrons. The van der Waals surface area contributed by atoms with Gasteiger partial charge in [0.15, 0.2) is 22.9 Å². The second kappa shape index (κ2) is 10.5. The number of carbonyl (C=O) groups excluding carboxylic acids is 2. The number of nitrogens with zero attached hydrogens (tertiary/aromatic N) is 2. The molecule has 2 aliphatic heterocycles. The number of para-hydroxylation sites is 1. The van der Waals surface area contributed by atoms with E-state index in [4.69, 9.17) is 13.9 Å². The number of methoxy groups -OCH3 is 1. The molecule has 1 amide bonds. The van der Waals surface area contributed by atoms with Crippen LogP contribution in [-0.2, 0) is 9.53 Å². The van der Waals surface area contributed by atoms with Crippen LogP contribution >= 0.6 is 15.9 Å². The first-order valence-electron chi connectivity index (χ1n) is 11.9. The summed E-state index contributed by atoms with van der Waals surface area (Å²) in [5, 5.41) is 11.6. The van der Waals surface area contributed by atoms with Gasteiger partial charge < -0.3 is 23.9 Å². The molecule has 0 saturated carbocycles. The monoisotopic (exact) mass is 554 g/mol. The maximum Gasteiger partial charge on any atom is 0.290 e. The molecule has 2 aliphatic rings. The highest BCUT2D eigenvalue weighted by Gasteiger charge is 2.44. The largest absolute Gasteiger partial charge is 0.503 e. The molecule has 1 saturated heterocycles. The van der Waals surface area contributed by atoms with E-state index >= 15 is 0 Å². The third kappa shape index (κ3) is 4.66. The summed E-state index contributed by atoms with van der Waals surface area (Å²) in [5.41, 5.74) is 1.18. The van der Waals surface area contributed by atoms with Gasteiger partial charge in [0.25, 0.3) is 5.91 Å². The molecule has 1 N–H and O–H groups in total. The number of Topliss-reactive ketones (excluding diaryl/α,β-unsaturated/α-hetero) is 1. The van der Waals surface area contributed by atoms with Crippen molar-refractivity contribution in [2.24, 2.45) is 0 Å². The number of morpholine rings is 1. The Hall–Kier alpha value is -3.14. The van der Waals surface area contributed by atoms with Gasteiger partial charge in [-0.25, -0.2) is 0 Å². The zero-order chi connectivity index (χ0) is 25.2. The third-order valence-corrected chi connectivity index (χ3v) is 7.13. The van der Waals surface area contributed by atoms with Crippen molar-refractivity contribution in [3.8, 4) is 5.75 Å². The molecule has 0 unspecified atom stereocenters. The van der Waals surface area contributed by atoms with Crippen molar-refractivity contribution < 1.29 is 28.6 Å². The normalized spacial score (nSPS) is 18.9. The Balaban J connectivity index is 1.47. The van der Waals surface area contributed by atoms with Gasteiger partial charge in [-0.15, -0.1) is 0 Å². The average molecular weight is 555 g/mol. The number of hydrogen-bond acceptors (Lipinski definition) is 7. The summed E-state index contributed by atoms with van der Waals surface area (Å²) in [6.07, 6.45) is 0.701. The summed E-state index contributed by atoms with van der Waals surface area (Å²) in [6, 6.07) is 13.7. The van der Waals surface area contributed by atoms with Gasteiger partial charge in [-0.3, -0.25) is 14.5 Å². The van der Waals surface area contributed by atoms with E-state index in [0.29, 0.717) is 42.9 Å². The van der Waals surface area contributed by atoms with Crippen molar-refractivity contribution in [1.29, 1.82) is 0 Å². The summed E-state index contributed by atoms with van der Waals surface area (Å²) in [6.45, 7) is 4.30. The Morgan fingerprint density at radius 1 is 1.14 bits per heavy atom. The molecular weight excluding hydrogens is 528 g/mol. The first kappa shape index (κ1) is 24.5. The van der Waals surface area contributed by atoms with Crippen LogP contribution in [0.15, 0.2) is 68.8 Å². The van der Waals surface area contributed by atoms with Crippen molar-refractivity contribution in [3.63, 3.8) is 0 Å². The van der Waals surface area contributed by atoms with E-state index in [2.05, 4.69) is 20.8 Å². The van der Waals surface area contributed by atoms with Gasteiger partial charge in [0.05, 0.1) is 31.9 Å². The fraction of sp³-hybridized carbons (Fsp3) is 0.333. The van der Waals surface area contributed by atoms with Gasteiger partial charge in [-0.1, -0.05) is 40.2 Å². The molecule has 8 nitrogen and oxygen atoms in total. The molecule has 0 bridgehead atoms. The Morgan fingerprint density at radius 3 is 2.67 bits per heavy atom. The van der Waals surface area contributed by atoms with E-state index in [1.807, 2.05) is 30.3 Å². The van der Waals surface area contributed by atoms with E-state index in [-0.39, 0.29) is 11.3 Å². The van der Waals surface area contributed by atoms with Gasteiger partial charge in [-0.05, 0) is 36.2 Å². The minimum atomic E-state index is -0.734. The number of hydrogen-bond donors (Lipinski definition) is 1. The fourth-order valence-corrected chi connectivity index (χ4v) is 5.29. The van der Waals surface area contributed by atoms with Gasteiger partial charge in [-0.2, -0.15) is 0 Å². The summed E-state index contributed by atoms with van der Waals surface area (Å²) in [5.74, 6) is -1.08. The first-order valence-corrected chi connectivity index (χ1v) is 12.7. The topological polar surface area (TPSA) is 92.5 Å². The first-order chi connectivity index (χ1) is 17.5. The fourth-order valence-electron chi connectivity index (χ4n) is 4.87. The summed E-state index contributed by atoms with van der Waals surface area (Å²) in [4.78, 5) is 30.9. The predicted octanol–water partition coefficient (Wildman–Crippen LogP) is 4.50. The van der Waals surface area contributed by atoms with Crippen LogP contribution < -0.4 is 4.74 Å². The zero-order valence-corrected chi connectivity index (χ0v) is 21.5. The SMILES string of the molecule is COc1cccc2cc(C(=O)C3=C(O)C(=O)N(CCCN4CCOCC4)[C@@H]3c3cccc(Br)c3)oc12. The summed E-state index contributed by atoms with van der Waals surface area (Å²) >= 11 is 3.49. The number of benzene rings is 2. The van der Waals surface area contributed by atoms with E-state index in [1.54, 1.807) is 23.1 Å². The molecule has 0 spiro atoms. The highest BCUT2D eigenvalue weighted by Crippen LogP contribution is 2.41. The lowest BCUT2D eigenvalue weighted by atomic mass is 9.95. The molecule has 2 aromatic carbocycles. The maximum absolute atomic E-state index is 13.7. The molecule has 5 rings (SSSR count). The quantitative estimate of drug-likeness (QED) is 0.409. The maximum atomic E-state index is 13.7. The Kier molecular flexibility index (Phi) is 7.13. The minimum absolute atomic E-state index is 0.0162. The van der Waals surface area contributed by atoms with Crippen LogP contribution in [0.2, 0.25) is 0 Å². The lowest BCUT2D eigenvalue weighted by Crippen LogP contribution is -2.39. The number of amides is 1. The van der Waals surface area contributed by atoms with E-state index in [0.717, 1.165) is 29.7 Å². The lowest BCUT2D eigenvalue weighted by Gasteiger charge is -2.30. The number of carbonyl (C=O) groups is 2. The molecular formula is C27H27BrN2O6. The van der Waals surface area contributed by atoms with Crippen molar-refractivity contribution in [3.05, 3.63) is 75.7 Å². The van der Waals surface area contributed by atoms with Crippen LogP contribution in [0.4, 0.5) is 0 Å².